The molecule has 0 aliphatic heterocycles. The molecular weight excluding hydrogens is 192 g/mol. The van der Waals surface area contributed by atoms with Gasteiger partial charge in [-0.1, -0.05) is 6.58 Å². The predicted octanol–water partition coefficient (Wildman–Crippen LogP) is 2.20. The van der Waals surface area contributed by atoms with Gasteiger partial charge in [-0.25, -0.2) is 9.13 Å². The summed E-state index contributed by atoms with van der Waals surface area (Å²) in [5.74, 6) is 0. The number of hydrogen-bond acceptors (Lipinski definition) is 1. The van der Waals surface area contributed by atoms with Gasteiger partial charge in [-0.15, -0.1) is 11.3 Å². The van der Waals surface area contributed by atoms with Crippen LogP contribution in [-0.4, -0.2) is 4.57 Å². The Balaban J connectivity index is 2.38. The lowest BCUT2D eigenvalue weighted by Gasteiger charge is -1.98. The van der Waals surface area contributed by atoms with E-state index in [4.69, 9.17) is 0 Å². The van der Waals surface area contributed by atoms with Crippen LogP contribution in [0, 0.1) is 6.92 Å². The Morgan fingerprint density at radius 3 is 2.86 bits per heavy atom. The Kier molecular flexibility index (Phi) is 2.25. The highest BCUT2D eigenvalue weighted by Gasteiger charge is 2.10. The van der Waals surface area contributed by atoms with E-state index in [-0.39, 0.29) is 0 Å². The van der Waals surface area contributed by atoms with Crippen LogP contribution < -0.4 is 4.57 Å². The summed E-state index contributed by atoms with van der Waals surface area (Å²) in [6.45, 7) is 6.22. The second kappa shape index (κ2) is 3.42. The van der Waals surface area contributed by atoms with Gasteiger partial charge in [0, 0.05) is 10.4 Å². The molecule has 14 heavy (non-hydrogen) atoms. The van der Waals surface area contributed by atoms with Crippen LogP contribution in [0.4, 0.5) is 0 Å². The molecule has 0 unspecified atom stereocenters. The van der Waals surface area contributed by atoms with E-state index in [1.807, 2.05) is 34.9 Å². The van der Waals surface area contributed by atoms with Crippen LogP contribution in [-0.2, 0) is 7.05 Å². The molecule has 0 fully saturated rings. The summed E-state index contributed by atoms with van der Waals surface area (Å²) in [5.41, 5.74) is 2.26. The van der Waals surface area contributed by atoms with Crippen molar-refractivity contribution in [2.75, 3.05) is 0 Å². The molecule has 2 aromatic heterocycles. The van der Waals surface area contributed by atoms with Crippen molar-refractivity contribution in [1.82, 2.24) is 4.57 Å². The molecule has 0 saturated carbocycles. The summed E-state index contributed by atoms with van der Waals surface area (Å²) in [5, 5.41) is 2.10. The maximum Gasteiger partial charge on any atom is 0.248 e. The number of nitrogens with zero attached hydrogens (tertiary/aromatic N) is 2. The van der Waals surface area contributed by atoms with Gasteiger partial charge in [0.25, 0.3) is 0 Å². The largest absolute Gasteiger partial charge is 0.248 e. The number of hydrogen-bond donors (Lipinski definition) is 0. The molecule has 2 rings (SSSR count). The SMILES string of the molecule is C=C(c1ccsc1C)n1cc[n+](C)c1. The quantitative estimate of drug-likeness (QED) is 0.665. The molecular formula is C11H13N2S+. The number of imidazole rings is 1. The van der Waals surface area contributed by atoms with Crippen molar-refractivity contribution in [3.8, 4) is 0 Å². The minimum absolute atomic E-state index is 1.03. The molecule has 0 N–H and O–H groups in total. The second-order valence-electron chi connectivity index (χ2n) is 3.32. The Hall–Kier alpha value is -1.35. The Morgan fingerprint density at radius 2 is 2.36 bits per heavy atom. The van der Waals surface area contributed by atoms with Gasteiger partial charge >= 0.3 is 0 Å². The molecule has 0 atom stereocenters. The Labute approximate surface area is 87.7 Å². The zero-order chi connectivity index (χ0) is 10.1. The molecule has 0 bridgehead atoms. The van der Waals surface area contributed by atoms with Crippen LogP contribution in [0.25, 0.3) is 5.70 Å². The fourth-order valence-corrected chi connectivity index (χ4v) is 2.15. The first kappa shape index (κ1) is 9.21. The molecule has 72 valence electrons. The Bertz CT molecular complexity index is 465. The van der Waals surface area contributed by atoms with Gasteiger partial charge in [-0.2, -0.15) is 0 Å². The number of rotatable bonds is 2. The highest BCUT2D eigenvalue weighted by atomic mass is 32.1. The lowest BCUT2D eigenvalue weighted by molar-refractivity contribution is -0.670. The van der Waals surface area contributed by atoms with E-state index in [0.717, 1.165) is 5.70 Å². The van der Waals surface area contributed by atoms with E-state index >= 15 is 0 Å². The molecule has 0 saturated heterocycles. The number of thiophene rings is 1. The first-order valence-electron chi connectivity index (χ1n) is 4.45. The fourth-order valence-electron chi connectivity index (χ4n) is 1.43. The van der Waals surface area contributed by atoms with Crippen molar-refractivity contribution in [1.29, 1.82) is 0 Å². The summed E-state index contributed by atoms with van der Waals surface area (Å²) < 4.78 is 4.04. The zero-order valence-corrected chi connectivity index (χ0v) is 9.21. The lowest BCUT2D eigenvalue weighted by atomic mass is 10.2. The molecule has 0 aromatic carbocycles. The third-order valence-corrected chi connectivity index (χ3v) is 3.10. The summed E-state index contributed by atoms with van der Waals surface area (Å²) in [4.78, 5) is 1.31. The van der Waals surface area contributed by atoms with E-state index in [9.17, 15) is 0 Å². The zero-order valence-electron chi connectivity index (χ0n) is 8.40. The first-order chi connectivity index (χ1) is 6.68. The molecule has 2 aromatic rings. The smallest absolute Gasteiger partial charge is 0.239 e. The molecule has 0 amide bonds. The molecule has 2 heterocycles. The van der Waals surface area contributed by atoms with Crippen molar-refractivity contribution in [2.24, 2.45) is 7.05 Å². The molecule has 2 nitrogen and oxygen atoms in total. The van der Waals surface area contributed by atoms with Crippen LogP contribution in [0.15, 0.2) is 36.7 Å². The average Bonchev–Trinajstić information content (AvgIpc) is 2.73. The van der Waals surface area contributed by atoms with Crippen LogP contribution in [0.5, 0.6) is 0 Å². The predicted molar refractivity (Wildman–Crippen MR) is 59.1 cm³/mol. The average molecular weight is 205 g/mol. The maximum atomic E-state index is 4.10. The molecule has 0 radical (unpaired) electrons. The van der Waals surface area contributed by atoms with Crippen LogP contribution >= 0.6 is 11.3 Å². The van der Waals surface area contributed by atoms with Gasteiger partial charge in [0.2, 0.25) is 6.33 Å². The molecule has 0 spiro atoms. The molecule has 0 aliphatic carbocycles. The highest BCUT2D eigenvalue weighted by molar-refractivity contribution is 7.10. The van der Waals surface area contributed by atoms with Crippen molar-refractivity contribution < 1.29 is 4.57 Å². The van der Waals surface area contributed by atoms with Crippen LogP contribution in [0.2, 0.25) is 0 Å². The molecule has 0 aliphatic rings. The summed E-state index contributed by atoms with van der Waals surface area (Å²) in [6.07, 6.45) is 6.03. The summed E-state index contributed by atoms with van der Waals surface area (Å²) >= 11 is 1.75. The van der Waals surface area contributed by atoms with Crippen molar-refractivity contribution in [2.45, 2.75) is 6.92 Å². The molecule has 3 heteroatoms. The van der Waals surface area contributed by atoms with E-state index in [1.54, 1.807) is 11.3 Å². The van der Waals surface area contributed by atoms with Crippen molar-refractivity contribution in [3.05, 3.63) is 47.2 Å². The van der Waals surface area contributed by atoms with E-state index in [0.29, 0.717) is 0 Å². The van der Waals surface area contributed by atoms with Crippen molar-refractivity contribution >= 4 is 17.0 Å². The standard InChI is InChI=1S/C11H13N2S/c1-9(11-4-7-14-10(11)2)13-6-5-12(3)8-13/h4-8H,1H2,2-3H3/q+1. The normalized spacial score (nSPS) is 10.4. The van der Waals surface area contributed by atoms with Gasteiger partial charge in [0.05, 0.1) is 7.05 Å². The monoisotopic (exact) mass is 205 g/mol. The van der Waals surface area contributed by atoms with E-state index < -0.39 is 0 Å². The topological polar surface area (TPSA) is 8.81 Å². The Morgan fingerprint density at radius 1 is 1.57 bits per heavy atom. The summed E-state index contributed by atoms with van der Waals surface area (Å²) in [6, 6.07) is 2.11. The minimum Gasteiger partial charge on any atom is -0.239 e. The highest BCUT2D eigenvalue weighted by Crippen LogP contribution is 2.22. The summed E-state index contributed by atoms with van der Waals surface area (Å²) in [7, 11) is 2.00. The van der Waals surface area contributed by atoms with Gasteiger partial charge < -0.3 is 0 Å². The van der Waals surface area contributed by atoms with E-state index in [2.05, 4.69) is 24.9 Å². The fraction of sp³-hybridized carbons (Fsp3) is 0.182. The number of aryl methyl sites for hydroxylation is 2. The minimum atomic E-state index is 1.03. The van der Waals surface area contributed by atoms with Gasteiger partial charge in [0.15, 0.2) is 0 Å². The third kappa shape index (κ3) is 1.51. The van der Waals surface area contributed by atoms with Crippen LogP contribution in [0.3, 0.4) is 0 Å². The van der Waals surface area contributed by atoms with Crippen LogP contribution in [0.1, 0.15) is 10.4 Å². The maximum absolute atomic E-state index is 4.10. The lowest BCUT2D eigenvalue weighted by Crippen LogP contribution is -2.23. The first-order valence-corrected chi connectivity index (χ1v) is 5.33. The van der Waals surface area contributed by atoms with E-state index in [1.165, 1.54) is 10.4 Å². The third-order valence-electron chi connectivity index (χ3n) is 2.25. The number of aromatic nitrogens is 2. The second-order valence-corrected chi connectivity index (χ2v) is 4.44. The van der Waals surface area contributed by atoms with Gasteiger partial charge in [-0.3, -0.25) is 0 Å². The van der Waals surface area contributed by atoms with Gasteiger partial charge in [0.1, 0.15) is 18.1 Å². The van der Waals surface area contributed by atoms with Gasteiger partial charge in [-0.05, 0) is 18.4 Å². The van der Waals surface area contributed by atoms with Crippen molar-refractivity contribution in [3.63, 3.8) is 0 Å².